The number of rotatable bonds is 7. The molecule has 1 aromatic carbocycles. The lowest BCUT2D eigenvalue weighted by molar-refractivity contribution is -0.142. The van der Waals surface area contributed by atoms with Gasteiger partial charge in [0.2, 0.25) is 5.91 Å². The molecule has 4 aliphatic rings. The number of benzene rings is 1. The van der Waals surface area contributed by atoms with Crippen LogP contribution in [-0.2, 0) is 9.53 Å². The maximum absolute atomic E-state index is 12.5. The first-order valence-electron chi connectivity index (χ1n) is 12.5. The van der Waals surface area contributed by atoms with E-state index in [1.807, 2.05) is 18.2 Å². The molecule has 2 aliphatic carbocycles. The predicted octanol–water partition coefficient (Wildman–Crippen LogP) is 3.05. The van der Waals surface area contributed by atoms with Crippen LogP contribution in [0.1, 0.15) is 69.3 Å². The Morgan fingerprint density at radius 3 is 2.67 bits per heavy atom. The first kappa shape index (κ1) is 22.5. The van der Waals surface area contributed by atoms with Gasteiger partial charge in [0, 0.05) is 29.8 Å². The molecule has 0 bridgehead atoms. The van der Waals surface area contributed by atoms with Crippen LogP contribution < -0.4 is 20.7 Å². The number of amides is 3. The van der Waals surface area contributed by atoms with Crippen molar-refractivity contribution < 1.29 is 24.2 Å². The van der Waals surface area contributed by atoms with Crippen molar-refractivity contribution in [3.8, 4) is 5.75 Å². The van der Waals surface area contributed by atoms with Crippen LogP contribution in [0.5, 0.6) is 5.75 Å². The zero-order valence-corrected chi connectivity index (χ0v) is 19.1. The van der Waals surface area contributed by atoms with Crippen molar-refractivity contribution in [3.05, 3.63) is 23.8 Å². The van der Waals surface area contributed by atoms with Crippen LogP contribution in [-0.4, -0.2) is 54.6 Å². The zero-order valence-electron chi connectivity index (χ0n) is 19.1. The lowest BCUT2D eigenvalue weighted by Gasteiger charge is -2.37. The molecule has 2 heterocycles. The largest absolute Gasteiger partial charge is 0.487 e. The van der Waals surface area contributed by atoms with Gasteiger partial charge in [-0.2, -0.15) is 0 Å². The monoisotopic (exact) mass is 457 g/mol. The molecule has 4 atom stereocenters. The SMILES string of the molecule is O=C(C[C@H]1C[C@H]2c3cc(NC(=O)NC4CCCCC4)ccc3O[C@H]2[C@H](CO)O1)NCC1CC1. The van der Waals surface area contributed by atoms with E-state index in [1.54, 1.807) is 0 Å². The Bertz CT molecular complexity index is 868. The summed E-state index contributed by atoms with van der Waals surface area (Å²) in [5, 5.41) is 19.0. The quantitative estimate of drug-likeness (QED) is 0.503. The van der Waals surface area contributed by atoms with Gasteiger partial charge in [-0.25, -0.2) is 4.79 Å². The van der Waals surface area contributed by atoms with E-state index in [0.717, 1.165) is 49.2 Å². The highest BCUT2D eigenvalue weighted by Crippen LogP contribution is 2.47. The van der Waals surface area contributed by atoms with Gasteiger partial charge in [-0.3, -0.25) is 4.79 Å². The highest BCUT2D eigenvalue weighted by atomic mass is 16.6. The number of ether oxygens (including phenoxy) is 2. The topological polar surface area (TPSA) is 109 Å². The van der Waals surface area contributed by atoms with Crippen molar-refractivity contribution in [1.82, 2.24) is 10.6 Å². The second kappa shape index (κ2) is 9.89. The first-order chi connectivity index (χ1) is 16.1. The van der Waals surface area contributed by atoms with Crippen molar-refractivity contribution in [3.63, 3.8) is 0 Å². The van der Waals surface area contributed by atoms with Crippen molar-refractivity contribution >= 4 is 17.6 Å². The molecule has 33 heavy (non-hydrogen) atoms. The first-order valence-corrected chi connectivity index (χ1v) is 12.5. The van der Waals surface area contributed by atoms with E-state index >= 15 is 0 Å². The second-order valence-electron chi connectivity index (χ2n) is 10.0. The lowest BCUT2D eigenvalue weighted by atomic mass is 9.84. The van der Waals surface area contributed by atoms with Crippen LogP contribution in [0, 0.1) is 5.92 Å². The number of fused-ring (bicyclic) bond motifs is 3. The van der Waals surface area contributed by atoms with Crippen molar-refractivity contribution in [1.29, 1.82) is 0 Å². The van der Waals surface area contributed by atoms with E-state index in [4.69, 9.17) is 9.47 Å². The standard InChI is InChI=1S/C25H35N3O5/c29-14-22-24-20(11-18(32-22)12-23(30)26-13-15-6-7-15)19-10-17(8-9-21(19)33-24)28-25(31)27-16-4-2-1-3-5-16/h8-10,15-16,18,20,22,24,29H,1-7,11-14H2,(H,26,30)(H2,27,28,31)/t18-,20+,22+,24-/m1/s1. The molecule has 180 valence electrons. The molecule has 0 radical (unpaired) electrons. The van der Waals surface area contributed by atoms with Crippen LogP contribution in [0.2, 0.25) is 0 Å². The summed E-state index contributed by atoms with van der Waals surface area (Å²) in [6.07, 6.45) is 7.91. The molecule has 0 aromatic heterocycles. The zero-order chi connectivity index (χ0) is 22.8. The van der Waals surface area contributed by atoms with Crippen LogP contribution in [0.15, 0.2) is 18.2 Å². The van der Waals surface area contributed by atoms with Crippen LogP contribution >= 0.6 is 0 Å². The number of hydrogen-bond acceptors (Lipinski definition) is 5. The Morgan fingerprint density at radius 1 is 1.09 bits per heavy atom. The molecule has 4 N–H and O–H groups in total. The van der Waals surface area contributed by atoms with E-state index in [1.165, 1.54) is 19.3 Å². The number of carbonyl (C=O) groups is 2. The molecular formula is C25H35N3O5. The number of hydrogen-bond donors (Lipinski definition) is 4. The fourth-order valence-corrected chi connectivity index (χ4v) is 5.43. The van der Waals surface area contributed by atoms with Crippen LogP contribution in [0.3, 0.4) is 0 Å². The van der Waals surface area contributed by atoms with Gasteiger partial charge in [0.05, 0.1) is 19.1 Å². The minimum absolute atomic E-state index is 0.00372. The highest BCUT2D eigenvalue weighted by Gasteiger charge is 2.46. The number of anilines is 1. The number of nitrogens with one attached hydrogen (secondary N) is 3. The molecule has 5 rings (SSSR count). The molecule has 3 fully saturated rings. The van der Waals surface area contributed by atoms with Gasteiger partial charge in [-0.05, 0) is 56.2 Å². The van der Waals surface area contributed by atoms with E-state index in [-0.39, 0.29) is 49.1 Å². The summed E-state index contributed by atoms with van der Waals surface area (Å²) in [5.41, 5.74) is 1.72. The van der Waals surface area contributed by atoms with E-state index in [0.29, 0.717) is 12.3 Å². The molecule has 0 unspecified atom stereocenters. The third kappa shape index (κ3) is 5.44. The number of aliphatic hydroxyl groups is 1. The Kier molecular flexibility index (Phi) is 6.74. The summed E-state index contributed by atoms with van der Waals surface area (Å²) in [5.74, 6) is 1.39. The molecule has 1 aromatic rings. The molecular weight excluding hydrogens is 422 g/mol. The Labute approximate surface area is 194 Å². The minimum atomic E-state index is -0.483. The fourth-order valence-electron chi connectivity index (χ4n) is 5.43. The third-order valence-corrected chi connectivity index (χ3v) is 7.40. The molecule has 1 saturated heterocycles. The van der Waals surface area contributed by atoms with Crippen molar-refractivity contribution in [2.75, 3.05) is 18.5 Å². The second-order valence-corrected chi connectivity index (χ2v) is 10.0. The fraction of sp³-hybridized carbons (Fsp3) is 0.680. The molecule has 3 amide bonds. The summed E-state index contributed by atoms with van der Waals surface area (Å²) in [4.78, 5) is 24.9. The summed E-state index contributed by atoms with van der Waals surface area (Å²) >= 11 is 0. The van der Waals surface area contributed by atoms with E-state index < -0.39 is 6.10 Å². The molecule has 8 heteroatoms. The molecule has 2 saturated carbocycles. The number of carbonyl (C=O) groups excluding carboxylic acids is 2. The average Bonchev–Trinajstić information content (AvgIpc) is 3.58. The van der Waals surface area contributed by atoms with Crippen LogP contribution in [0.4, 0.5) is 10.5 Å². The number of aliphatic hydroxyl groups excluding tert-OH is 1. The van der Waals surface area contributed by atoms with Gasteiger partial charge in [0.15, 0.2) is 0 Å². The smallest absolute Gasteiger partial charge is 0.319 e. The van der Waals surface area contributed by atoms with Gasteiger partial charge in [-0.15, -0.1) is 0 Å². The Hall–Kier alpha value is -2.32. The normalized spacial score (nSPS) is 28.9. The van der Waals surface area contributed by atoms with Gasteiger partial charge in [-0.1, -0.05) is 19.3 Å². The lowest BCUT2D eigenvalue weighted by Crippen LogP contribution is -2.47. The van der Waals surface area contributed by atoms with Gasteiger partial charge >= 0.3 is 6.03 Å². The van der Waals surface area contributed by atoms with Gasteiger partial charge in [0.1, 0.15) is 18.0 Å². The van der Waals surface area contributed by atoms with Crippen LogP contribution in [0.25, 0.3) is 0 Å². The van der Waals surface area contributed by atoms with Crippen molar-refractivity contribution in [2.24, 2.45) is 5.92 Å². The van der Waals surface area contributed by atoms with E-state index in [2.05, 4.69) is 16.0 Å². The molecule has 2 aliphatic heterocycles. The van der Waals surface area contributed by atoms with Gasteiger partial charge in [0.25, 0.3) is 0 Å². The summed E-state index contributed by atoms with van der Waals surface area (Å²) in [6, 6.07) is 5.74. The summed E-state index contributed by atoms with van der Waals surface area (Å²) < 4.78 is 12.2. The summed E-state index contributed by atoms with van der Waals surface area (Å²) in [7, 11) is 0. The third-order valence-electron chi connectivity index (χ3n) is 7.40. The minimum Gasteiger partial charge on any atom is -0.487 e. The summed E-state index contributed by atoms with van der Waals surface area (Å²) in [6.45, 7) is 0.579. The van der Waals surface area contributed by atoms with E-state index in [9.17, 15) is 14.7 Å². The maximum Gasteiger partial charge on any atom is 0.319 e. The molecule has 0 spiro atoms. The Morgan fingerprint density at radius 2 is 1.91 bits per heavy atom. The Balaban J connectivity index is 1.23. The highest BCUT2D eigenvalue weighted by molar-refractivity contribution is 5.89. The molecule has 8 nitrogen and oxygen atoms in total. The maximum atomic E-state index is 12.5. The van der Waals surface area contributed by atoms with Crippen molar-refractivity contribution in [2.45, 2.75) is 88.1 Å². The van der Waals surface area contributed by atoms with Gasteiger partial charge < -0.3 is 30.5 Å². The average molecular weight is 458 g/mol. The predicted molar refractivity (Wildman–Crippen MR) is 123 cm³/mol. The number of urea groups is 1.